The van der Waals surface area contributed by atoms with Gasteiger partial charge in [0.2, 0.25) is 0 Å². The molecule has 0 radical (unpaired) electrons. The van der Waals surface area contributed by atoms with Gasteiger partial charge in [0, 0.05) is 27.1 Å². The van der Waals surface area contributed by atoms with E-state index in [4.69, 9.17) is 21.0 Å². The maximum absolute atomic E-state index is 6.49. The molecule has 44 heavy (non-hydrogen) atoms. The molecular weight excluding hydrogens is 562 g/mol. The van der Waals surface area contributed by atoms with Crippen molar-refractivity contribution in [3.8, 4) is 22.3 Å². The molecule has 0 aliphatic heterocycles. The summed E-state index contributed by atoms with van der Waals surface area (Å²) >= 11 is 6.49. The molecule has 0 aliphatic carbocycles. The van der Waals surface area contributed by atoms with Gasteiger partial charge in [-0.1, -0.05) is 115 Å². The fraction of sp³-hybridized carbons (Fsp3) is 0. The zero-order chi connectivity index (χ0) is 29.2. The molecule has 0 unspecified atom stereocenters. The van der Waals surface area contributed by atoms with Crippen molar-refractivity contribution in [2.45, 2.75) is 0 Å². The first-order valence-electron chi connectivity index (χ1n) is 14.6. The number of aromatic nitrogens is 2. The van der Waals surface area contributed by atoms with Crippen molar-refractivity contribution >= 4 is 72.4 Å². The highest BCUT2D eigenvalue weighted by Gasteiger charge is 2.16. The summed E-state index contributed by atoms with van der Waals surface area (Å²) in [5.41, 5.74) is 9.16. The van der Waals surface area contributed by atoms with Crippen LogP contribution in [-0.4, -0.2) is 9.38 Å². The van der Waals surface area contributed by atoms with Crippen molar-refractivity contribution in [3.63, 3.8) is 0 Å². The van der Waals surface area contributed by atoms with E-state index in [0.29, 0.717) is 5.02 Å². The van der Waals surface area contributed by atoms with Crippen LogP contribution in [0.2, 0.25) is 5.02 Å². The molecule has 3 aromatic heterocycles. The van der Waals surface area contributed by atoms with E-state index in [9.17, 15) is 0 Å². The summed E-state index contributed by atoms with van der Waals surface area (Å²) in [4.78, 5) is 4.83. The molecule has 0 atom stereocenters. The number of furan rings is 1. The number of hydrogen-bond donors (Lipinski definition) is 1. The summed E-state index contributed by atoms with van der Waals surface area (Å²) in [6, 6.07) is 46.2. The van der Waals surface area contributed by atoms with Crippen LogP contribution in [0.15, 0.2) is 144 Å². The summed E-state index contributed by atoms with van der Waals surface area (Å²) in [5, 5.41) is 9.86. The third-order valence-corrected chi connectivity index (χ3v) is 8.86. The van der Waals surface area contributed by atoms with E-state index in [1.165, 1.54) is 5.39 Å². The van der Waals surface area contributed by atoms with Crippen LogP contribution in [0.5, 0.6) is 0 Å². The zero-order valence-electron chi connectivity index (χ0n) is 23.5. The minimum absolute atomic E-state index is 0.662. The van der Waals surface area contributed by atoms with E-state index in [2.05, 4.69) is 107 Å². The van der Waals surface area contributed by atoms with Crippen LogP contribution < -0.4 is 5.32 Å². The van der Waals surface area contributed by atoms with E-state index in [0.717, 1.165) is 77.6 Å². The number of para-hydroxylation sites is 3. The van der Waals surface area contributed by atoms with E-state index in [1.807, 2.05) is 42.6 Å². The van der Waals surface area contributed by atoms with Gasteiger partial charge in [0.1, 0.15) is 22.6 Å². The zero-order valence-corrected chi connectivity index (χ0v) is 24.2. The molecule has 5 heteroatoms. The molecule has 0 saturated carbocycles. The average molecular weight is 586 g/mol. The van der Waals surface area contributed by atoms with E-state index in [-0.39, 0.29) is 0 Å². The Kier molecular flexibility index (Phi) is 5.52. The molecule has 4 nitrogen and oxygen atoms in total. The Hall–Kier alpha value is -5.58. The van der Waals surface area contributed by atoms with Crippen molar-refractivity contribution < 1.29 is 4.42 Å². The predicted octanol–water partition coefficient (Wildman–Crippen LogP) is 11.3. The number of benzene rings is 6. The Labute approximate surface area is 257 Å². The number of hydrogen-bond acceptors (Lipinski definition) is 3. The third kappa shape index (κ3) is 3.82. The maximum Gasteiger partial charge on any atom is 0.146 e. The normalized spacial score (nSPS) is 11.8. The number of nitrogens with one attached hydrogen (secondary N) is 1. The van der Waals surface area contributed by atoms with Crippen LogP contribution in [0.4, 0.5) is 11.5 Å². The fourth-order valence-electron chi connectivity index (χ4n) is 6.43. The lowest BCUT2D eigenvalue weighted by Gasteiger charge is -2.14. The molecule has 1 N–H and O–H groups in total. The smallest absolute Gasteiger partial charge is 0.146 e. The molecular formula is C39H24ClN3O. The largest absolute Gasteiger partial charge is 0.455 e. The van der Waals surface area contributed by atoms with Gasteiger partial charge < -0.3 is 9.73 Å². The molecule has 9 rings (SSSR count). The fourth-order valence-corrected chi connectivity index (χ4v) is 6.61. The van der Waals surface area contributed by atoms with E-state index < -0.39 is 0 Å². The van der Waals surface area contributed by atoms with Gasteiger partial charge in [-0.2, -0.15) is 0 Å². The van der Waals surface area contributed by atoms with Gasteiger partial charge in [-0.3, -0.25) is 4.40 Å². The highest BCUT2D eigenvalue weighted by atomic mass is 35.5. The Balaban J connectivity index is 1.17. The van der Waals surface area contributed by atoms with Crippen molar-refractivity contribution in [1.82, 2.24) is 9.38 Å². The lowest BCUT2D eigenvalue weighted by atomic mass is 9.97. The summed E-state index contributed by atoms with van der Waals surface area (Å²) in [6.07, 6.45) is 1.87. The number of nitrogens with zero attached hydrogens (tertiary/aromatic N) is 2. The Morgan fingerprint density at radius 3 is 2.16 bits per heavy atom. The molecule has 208 valence electrons. The number of rotatable bonds is 4. The van der Waals surface area contributed by atoms with E-state index in [1.54, 1.807) is 0 Å². The molecule has 6 aromatic carbocycles. The van der Waals surface area contributed by atoms with Crippen molar-refractivity contribution in [2.75, 3.05) is 5.32 Å². The number of anilines is 2. The second kappa shape index (κ2) is 9.73. The quantitative estimate of drug-likeness (QED) is 0.209. The molecule has 0 aliphatic rings. The Bertz CT molecular complexity index is 2540. The number of halogens is 1. The van der Waals surface area contributed by atoms with Gasteiger partial charge in [0.15, 0.2) is 0 Å². The van der Waals surface area contributed by atoms with E-state index >= 15 is 0 Å². The summed E-state index contributed by atoms with van der Waals surface area (Å²) in [7, 11) is 0. The second-order valence-corrected chi connectivity index (χ2v) is 11.4. The van der Waals surface area contributed by atoms with Crippen LogP contribution in [0.1, 0.15) is 0 Å². The number of pyridine rings is 1. The first-order chi connectivity index (χ1) is 21.7. The molecule has 3 heterocycles. The highest BCUT2D eigenvalue weighted by Crippen LogP contribution is 2.38. The third-order valence-electron chi connectivity index (χ3n) is 8.53. The summed E-state index contributed by atoms with van der Waals surface area (Å²) < 4.78 is 8.49. The number of fused-ring (bicyclic) bond motifs is 9. The molecule has 9 aromatic rings. The molecule has 0 spiro atoms. The average Bonchev–Trinajstić information content (AvgIpc) is 3.68. The summed E-state index contributed by atoms with van der Waals surface area (Å²) in [6.45, 7) is 0. The standard InChI is InChI=1S/C39H24ClN3O/c40-33-13-4-5-14-34(33)42-37-23-41-39-31-10-2-1-8-28(31)32-22-26(20-21-35(32)43(37)39)24-16-18-25(19-17-24)27-11-7-12-30-29-9-3-6-15-36(29)44-38(27)30/h1-23,42H. The molecule has 0 fully saturated rings. The first kappa shape index (κ1) is 25.0. The first-order valence-corrected chi connectivity index (χ1v) is 15.0. The minimum Gasteiger partial charge on any atom is -0.455 e. The second-order valence-electron chi connectivity index (χ2n) is 11.0. The van der Waals surface area contributed by atoms with Crippen LogP contribution >= 0.6 is 11.6 Å². The van der Waals surface area contributed by atoms with Crippen LogP contribution in [-0.2, 0) is 0 Å². The lowest BCUT2D eigenvalue weighted by molar-refractivity contribution is 0.670. The highest BCUT2D eigenvalue weighted by molar-refractivity contribution is 6.33. The van der Waals surface area contributed by atoms with Gasteiger partial charge in [-0.05, 0) is 52.4 Å². The lowest BCUT2D eigenvalue weighted by Crippen LogP contribution is -1.98. The van der Waals surface area contributed by atoms with Gasteiger partial charge in [-0.15, -0.1) is 0 Å². The van der Waals surface area contributed by atoms with Crippen LogP contribution in [0, 0.1) is 0 Å². The van der Waals surface area contributed by atoms with Crippen LogP contribution in [0.25, 0.3) is 71.5 Å². The van der Waals surface area contributed by atoms with Gasteiger partial charge in [0.25, 0.3) is 0 Å². The molecule has 0 amide bonds. The van der Waals surface area contributed by atoms with Crippen LogP contribution in [0.3, 0.4) is 0 Å². The minimum atomic E-state index is 0.662. The van der Waals surface area contributed by atoms with Gasteiger partial charge in [0.05, 0.1) is 22.4 Å². The summed E-state index contributed by atoms with van der Waals surface area (Å²) in [5.74, 6) is 0.862. The maximum atomic E-state index is 6.49. The molecule has 0 saturated heterocycles. The number of imidazole rings is 1. The van der Waals surface area contributed by atoms with Gasteiger partial charge in [-0.25, -0.2) is 4.98 Å². The van der Waals surface area contributed by atoms with Gasteiger partial charge >= 0.3 is 0 Å². The van der Waals surface area contributed by atoms with Crippen molar-refractivity contribution in [2.24, 2.45) is 0 Å². The Morgan fingerprint density at radius 2 is 1.30 bits per heavy atom. The topological polar surface area (TPSA) is 42.5 Å². The predicted molar refractivity (Wildman–Crippen MR) is 183 cm³/mol. The SMILES string of the molecule is Clc1ccccc1Nc1cnc2c3ccccc3c3cc(-c4ccc(-c5cccc6c5oc5ccccc56)cc4)ccc3n12. The van der Waals surface area contributed by atoms with Crippen molar-refractivity contribution in [3.05, 3.63) is 145 Å². The van der Waals surface area contributed by atoms with Crippen molar-refractivity contribution in [1.29, 1.82) is 0 Å². The molecule has 0 bridgehead atoms. The Morgan fingerprint density at radius 1 is 0.591 bits per heavy atom. The monoisotopic (exact) mass is 585 g/mol.